The third kappa shape index (κ3) is 2.26. The van der Waals surface area contributed by atoms with E-state index in [0.717, 1.165) is 51.6 Å². The lowest BCUT2D eigenvalue weighted by Crippen LogP contribution is -2.29. The number of aryl methyl sites for hydroxylation is 3. The van der Waals surface area contributed by atoms with Gasteiger partial charge in [0.05, 0.1) is 22.3 Å². The molecule has 3 aromatic rings. The summed E-state index contributed by atoms with van der Waals surface area (Å²) in [6.45, 7) is 4.63. The third-order valence-electron chi connectivity index (χ3n) is 4.40. The van der Waals surface area contributed by atoms with Crippen LogP contribution in [0.3, 0.4) is 0 Å². The van der Waals surface area contributed by atoms with E-state index in [1.54, 1.807) is 0 Å². The Bertz CT molecular complexity index is 857. The van der Waals surface area contributed by atoms with Crippen molar-refractivity contribution in [3.8, 4) is 0 Å². The summed E-state index contributed by atoms with van der Waals surface area (Å²) in [5, 5.41) is 9.41. The van der Waals surface area contributed by atoms with Gasteiger partial charge in [0.2, 0.25) is 0 Å². The number of nitrogens with zero attached hydrogens (tertiary/aromatic N) is 4. The van der Waals surface area contributed by atoms with E-state index in [2.05, 4.69) is 10.3 Å². The summed E-state index contributed by atoms with van der Waals surface area (Å²) in [5.41, 5.74) is 1.81. The Labute approximate surface area is 137 Å². The zero-order valence-corrected chi connectivity index (χ0v) is 14.2. The molecule has 1 atom stereocenters. The number of hydrogen-bond acceptors (Lipinski definition) is 5. The molecule has 1 fully saturated rings. The Kier molecular flexibility index (Phi) is 3.26. The molecule has 6 nitrogen and oxygen atoms in total. The van der Waals surface area contributed by atoms with Gasteiger partial charge in [-0.2, -0.15) is 5.10 Å². The quantitative estimate of drug-likeness (QED) is 0.724. The van der Waals surface area contributed by atoms with E-state index in [1.165, 1.54) is 11.3 Å². The molecular weight excluding hydrogens is 312 g/mol. The van der Waals surface area contributed by atoms with Crippen molar-refractivity contribution >= 4 is 27.5 Å². The van der Waals surface area contributed by atoms with Gasteiger partial charge in [-0.3, -0.25) is 9.48 Å². The number of carbonyl (C=O) groups is 1. The number of hydrogen-bond donors (Lipinski definition) is 0. The van der Waals surface area contributed by atoms with Gasteiger partial charge in [0.15, 0.2) is 5.76 Å². The number of rotatable bonds is 2. The van der Waals surface area contributed by atoms with Crippen molar-refractivity contribution in [1.29, 1.82) is 0 Å². The minimum absolute atomic E-state index is 0.00636. The number of thiophene rings is 1. The van der Waals surface area contributed by atoms with Crippen LogP contribution in [0.4, 0.5) is 0 Å². The first-order chi connectivity index (χ1) is 11.0. The van der Waals surface area contributed by atoms with Crippen LogP contribution in [0.1, 0.15) is 45.7 Å². The van der Waals surface area contributed by atoms with Crippen molar-refractivity contribution < 1.29 is 9.32 Å². The standard InChI is InChI=1S/C16H18N4O2S/c1-9-7-13(22-18-9)12-5-4-6-20(12)15(21)14-8-11-10(2)17-19(3)16(11)23-14/h7-8,12H,4-6H2,1-3H3/t12-/m1/s1. The average Bonchev–Trinajstić information content (AvgIpc) is 3.26. The van der Waals surface area contributed by atoms with E-state index in [0.29, 0.717) is 0 Å². The Morgan fingerprint density at radius 3 is 2.91 bits per heavy atom. The van der Waals surface area contributed by atoms with Crippen LogP contribution in [0.2, 0.25) is 0 Å². The SMILES string of the molecule is Cc1cc([C@H]2CCCN2C(=O)c2cc3c(C)nn(C)c3s2)on1. The van der Waals surface area contributed by atoms with Crippen molar-refractivity contribution in [2.45, 2.75) is 32.7 Å². The molecule has 0 spiro atoms. The minimum Gasteiger partial charge on any atom is -0.359 e. The smallest absolute Gasteiger partial charge is 0.264 e. The summed E-state index contributed by atoms with van der Waals surface area (Å²) in [7, 11) is 1.91. The van der Waals surface area contributed by atoms with E-state index >= 15 is 0 Å². The molecule has 1 aliphatic rings. The Balaban J connectivity index is 1.67. The van der Waals surface area contributed by atoms with Crippen LogP contribution in [0, 0.1) is 13.8 Å². The first-order valence-corrected chi connectivity index (χ1v) is 8.53. The summed E-state index contributed by atoms with van der Waals surface area (Å²) in [6.07, 6.45) is 1.91. The molecule has 0 unspecified atom stereocenters. The van der Waals surface area contributed by atoms with E-state index in [1.807, 2.05) is 42.6 Å². The van der Waals surface area contributed by atoms with Crippen molar-refractivity contribution in [3.05, 3.63) is 34.2 Å². The highest BCUT2D eigenvalue weighted by Gasteiger charge is 2.34. The van der Waals surface area contributed by atoms with Crippen LogP contribution in [0.5, 0.6) is 0 Å². The van der Waals surface area contributed by atoms with Gasteiger partial charge in [0.1, 0.15) is 4.83 Å². The van der Waals surface area contributed by atoms with Gasteiger partial charge in [-0.05, 0) is 32.8 Å². The van der Waals surface area contributed by atoms with Crippen LogP contribution in [-0.4, -0.2) is 32.3 Å². The fourth-order valence-electron chi connectivity index (χ4n) is 3.30. The highest BCUT2D eigenvalue weighted by atomic mass is 32.1. The maximum atomic E-state index is 13.0. The second kappa shape index (κ2) is 5.19. The molecule has 0 bridgehead atoms. The van der Waals surface area contributed by atoms with E-state index in [4.69, 9.17) is 4.52 Å². The first-order valence-electron chi connectivity index (χ1n) is 7.72. The van der Waals surface area contributed by atoms with Gasteiger partial charge in [0, 0.05) is 25.0 Å². The Hall–Kier alpha value is -2.15. The van der Waals surface area contributed by atoms with E-state index in [9.17, 15) is 4.79 Å². The van der Waals surface area contributed by atoms with E-state index < -0.39 is 0 Å². The Morgan fingerprint density at radius 2 is 2.22 bits per heavy atom. The van der Waals surface area contributed by atoms with Crippen LogP contribution < -0.4 is 0 Å². The summed E-state index contributed by atoms with van der Waals surface area (Å²) in [5.74, 6) is 0.856. The molecule has 1 amide bonds. The van der Waals surface area contributed by atoms with E-state index in [-0.39, 0.29) is 11.9 Å². The molecule has 1 saturated heterocycles. The fraction of sp³-hybridized carbons (Fsp3) is 0.438. The van der Waals surface area contributed by atoms with Crippen LogP contribution in [0.25, 0.3) is 10.2 Å². The summed E-state index contributed by atoms with van der Waals surface area (Å²) in [6, 6.07) is 3.88. The average molecular weight is 330 g/mol. The van der Waals surface area contributed by atoms with Gasteiger partial charge in [-0.25, -0.2) is 0 Å². The predicted octanol–water partition coefficient (Wildman–Crippen LogP) is 3.22. The van der Waals surface area contributed by atoms with Crippen LogP contribution in [0.15, 0.2) is 16.7 Å². The summed E-state index contributed by atoms with van der Waals surface area (Å²) in [4.78, 5) is 16.7. The number of aromatic nitrogens is 3. The lowest BCUT2D eigenvalue weighted by Gasteiger charge is -2.21. The van der Waals surface area contributed by atoms with Crippen LogP contribution >= 0.6 is 11.3 Å². The fourth-order valence-corrected chi connectivity index (χ4v) is 4.38. The van der Waals surface area contributed by atoms with Crippen molar-refractivity contribution in [2.75, 3.05) is 6.54 Å². The minimum atomic E-state index is -0.00636. The lowest BCUT2D eigenvalue weighted by atomic mass is 10.1. The first kappa shape index (κ1) is 14.4. The molecule has 0 saturated carbocycles. The van der Waals surface area contributed by atoms with Crippen LogP contribution in [-0.2, 0) is 7.05 Å². The largest absolute Gasteiger partial charge is 0.359 e. The molecule has 1 aliphatic heterocycles. The second-order valence-electron chi connectivity index (χ2n) is 6.07. The van der Waals surface area contributed by atoms with Crippen molar-refractivity contribution in [1.82, 2.24) is 19.8 Å². The molecule has 3 aromatic heterocycles. The summed E-state index contributed by atoms with van der Waals surface area (Å²) >= 11 is 1.51. The van der Waals surface area contributed by atoms with Gasteiger partial charge < -0.3 is 9.42 Å². The maximum absolute atomic E-state index is 13.0. The third-order valence-corrected chi connectivity index (χ3v) is 5.59. The number of likely N-dealkylation sites (tertiary alicyclic amines) is 1. The molecule has 7 heteroatoms. The number of amides is 1. The van der Waals surface area contributed by atoms with Crippen molar-refractivity contribution in [2.24, 2.45) is 7.05 Å². The number of carbonyl (C=O) groups excluding carboxylic acids is 1. The second-order valence-corrected chi connectivity index (χ2v) is 7.10. The zero-order chi connectivity index (χ0) is 16.1. The Morgan fingerprint density at radius 1 is 1.39 bits per heavy atom. The molecule has 4 rings (SSSR count). The summed E-state index contributed by atoms with van der Waals surface area (Å²) < 4.78 is 7.23. The molecule has 120 valence electrons. The topological polar surface area (TPSA) is 64.2 Å². The monoisotopic (exact) mass is 330 g/mol. The molecule has 0 aromatic carbocycles. The highest BCUT2D eigenvalue weighted by Crippen LogP contribution is 2.36. The molecule has 4 heterocycles. The number of fused-ring (bicyclic) bond motifs is 1. The maximum Gasteiger partial charge on any atom is 0.264 e. The van der Waals surface area contributed by atoms with Gasteiger partial charge in [-0.1, -0.05) is 5.16 Å². The lowest BCUT2D eigenvalue weighted by molar-refractivity contribution is 0.0719. The molecule has 23 heavy (non-hydrogen) atoms. The van der Waals surface area contributed by atoms with Gasteiger partial charge >= 0.3 is 0 Å². The van der Waals surface area contributed by atoms with Crippen molar-refractivity contribution in [3.63, 3.8) is 0 Å². The van der Waals surface area contributed by atoms with Gasteiger partial charge in [0.25, 0.3) is 5.91 Å². The highest BCUT2D eigenvalue weighted by molar-refractivity contribution is 7.20. The molecular formula is C16H18N4O2S. The molecule has 0 aliphatic carbocycles. The predicted molar refractivity (Wildman–Crippen MR) is 87.6 cm³/mol. The normalized spacial score (nSPS) is 18.2. The zero-order valence-electron chi connectivity index (χ0n) is 13.4. The molecule has 0 N–H and O–H groups in total. The van der Waals surface area contributed by atoms with Gasteiger partial charge in [-0.15, -0.1) is 11.3 Å². The molecule has 0 radical (unpaired) electrons.